The Balaban J connectivity index is 1.33. The van der Waals surface area contributed by atoms with Gasteiger partial charge in [-0.25, -0.2) is 9.97 Å². The first-order valence-corrected chi connectivity index (χ1v) is 11.8. The van der Waals surface area contributed by atoms with Gasteiger partial charge in [0.25, 0.3) is 0 Å². The average Bonchev–Trinajstić information content (AvgIpc) is 3.21. The van der Waals surface area contributed by atoms with E-state index in [4.69, 9.17) is 9.72 Å². The van der Waals surface area contributed by atoms with Gasteiger partial charge in [-0.2, -0.15) is 0 Å². The van der Waals surface area contributed by atoms with E-state index < -0.39 is 0 Å². The highest BCUT2D eigenvalue weighted by molar-refractivity contribution is 5.81. The number of nitrogens with zero attached hydrogens (tertiary/aromatic N) is 4. The molecule has 3 aliphatic rings. The molecule has 0 bridgehead atoms. The monoisotopic (exact) mass is 435 g/mol. The molecule has 7 nitrogen and oxygen atoms in total. The fraction of sp³-hybridized carbons (Fsp3) is 0.560. The molecule has 2 fully saturated rings. The number of likely N-dealkylation sites (tertiary alicyclic amines) is 1. The fourth-order valence-corrected chi connectivity index (χ4v) is 5.39. The van der Waals surface area contributed by atoms with Crippen molar-refractivity contribution in [1.82, 2.24) is 19.8 Å². The number of likely N-dealkylation sites (N-methyl/N-ethyl adjacent to an activating group) is 1. The summed E-state index contributed by atoms with van der Waals surface area (Å²) in [7, 11) is 2.11. The zero-order valence-corrected chi connectivity index (χ0v) is 19.0. The molecule has 1 amide bonds. The van der Waals surface area contributed by atoms with Gasteiger partial charge in [0.05, 0.1) is 18.2 Å². The number of hydrogen-bond acceptors (Lipinski definition) is 6. The average molecular weight is 436 g/mol. The molecule has 3 aliphatic heterocycles. The summed E-state index contributed by atoms with van der Waals surface area (Å²) in [6.45, 7) is 5.98. The quantitative estimate of drug-likeness (QED) is 0.796. The predicted octanol–water partition coefficient (Wildman–Crippen LogP) is 2.69. The van der Waals surface area contributed by atoms with Crippen LogP contribution in [0.15, 0.2) is 36.5 Å². The van der Waals surface area contributed by atoms with Crippen molar-refractivity contribution in [3.8, 4) is 0 Å². The maximum atomic E-state index is 13.8. The minimum absolute atomic E-state index is 0.0203. The van der Waals surface area contributed by atoms with Crippen LogP contribution in [0.5, 0.6) is 0 Å². The van der Waals surface area contributed by atoms with Gasteiger partial charge in [-0.15, -0.1) is 0 Å². The molecule has 0 unspecified atom stereocenters. The number of ether oxygens (including phenoxy) is 1. The van der Waals surface area contributed by atoms with Crippen LogP contribution in [0.2, 0.25) is 0 Å². The van der Waals surface area contributed by atoms with Crippen molar-refractivity contribution in [3.05, 3.63) is 53.3 Å². The van der Waals surface area contributed by atoms with Gasteiger partial charge < -0.3 is 19.9 Å². The molecular weight excluding hydrogens is 402 g/mol. The van der Waals surface area contributed by atoms with Gasteiger partial charge in [-0.3, -0.25) is 4.79 Å². The molecular formula is C25H33N5O2. The second-order valence-electron chi connectivity index (χ2n) is 9.56. The third kappa shape index (κ3) is 4.36. The third-order valence-electron chi connectivity index (χ3n) is 7.21. The van der Waals surface area contributed by atoms with E-state index in [9.17, 15) is 4.79 Å². The summed E-state index contributed by atoms with van der Waals surface area (Å²) in [5.41, 5.74) is 3.39. The lowest BCUT2D eigenvalue weighted by atomic mass is 9.87. The van der Waals surface area contributed by atoms with E-state index in [1.165, 1.54) is 5.56 Å². The van der Waals surface area contributed by atoms with Gasteiger partial charge in [-0.1, -0.05) is 30.3 Å². The zero-order chi connectivity index (χ0) is 22.1. The molecule has 0 spiro atoms. The van der Waals surface area contributed by atoms with E-state index in [1.807, 2.05) is 17.2 Å². The standard InChI is InChI=1S/C25H33N5O2/c1-17-12-19-13-26-25(27-20-8-10-32-11-9-20)28-23(19)16-30(17)24(31)22-15-29(2)14-21(22)18-6-4-3-5-7-18/h3-7,13,17,20-22H,8-12,14-16H2,1-2H3,(H,26,27,28)/t17-,21-,22+/m1/s1. The summed E-state index contributed by atoms with van der Waals surface area (Å²) in [4.78, 5) is 27.5. The SMILES string of the molecule is C[C@@H]1Cc2cnc(NC3CCOCC3)nc2CN1C(=O)[C@H]1CN(C)C[C@@H]1c1ccccc1. The van der Waals surface area contributed by atoms with Crippen LogP contribution >= 0.6 is 0 Å². The number of carbonyl (C=O) groups excluding carboxylic acids is 1. The molecule has 2 saturated heterocycles. The van der Waals surface area contributed by atoms with Gasteiger partial charge >= 0.3 is 0 Å². The number of aromatic nitrogens is 2. The lowest BCUT2D eigenvalue weighted by Crippen LogP contribution is -2.47. The summed E-state index contributed by atoms with van der Waals surface area (Å²) in [6, 6.07) is 11.0. The van der Waals surface area contributed by atoms with Crippen LogP contribution in [0, 0.1) is 5.92 Å². The molecule has 0 radical (unpaired) electrons. The minimum atomic E-state index is -0.0203. The molecule has 1 aromatic heterocycles. The van der Waals surface area contributed by atoms with Crippen LogP contribution < -0.4 is 5.32 Å². The zero-order valence-electron chi connectivity index (χ0n) is 19.0. The Hall–Kier alpha value is -2.51. The first-order valence-electron chi connectivity index (χ1n) is 11.8. The number of nitrogens with one attached hydrogen (secondary N) is 1. The number of hydrogen-bond donors (Lipinski definition) is 1. The largest absolute Gasteiger partial charge is 0.381 e. The topological polar surface area (TPSA) is 70.6 Å². The van der Waals surface area contributed by atoms with Gasteiger partial charge in [0.2, 0.25) is 11.9 Å². The van der Waals surface area contributed by atoms with Crippen LogP contribution in [0.1, 0.15) is 42.5 Å². The molecule has 4 heterocycles. The number of benzene rings is 1. The van der Waals surface area contributed by atoms with Crippen molar-refractivity contribution in [2.45, 2.75) is 50.7 Å². The van der Waals surface area contributed by atoms with Gasteiger partial charge in [-0.05, 0) is 44.4 Å². The van der Waals surface area contributed by atoms with Crippen molar-refractivity contribution in [2.24, 2.45) is 5.92 Å². The van der Waals surface area contributed by atoms with Gasteiger partial charge in [0, 0.05) is 50.5 Å². The minimum Gasteiger partial charge on any atom is -0.381 e. The lowest BCUT2D eigenvalue weighted by Gasteiger charge is -2.37. The van der Waals surface area contributed by atoms with Crippen molar-refractivity contribution in [3.63, 3.8) is 0 Å². The second kappa shape index (κ2) is 9.16. The Morgan fingerprint density at radius 3 is 2.72 bits per heavy atom. The number of fused-ring (bicyclic) bond motifs is 1. The summed E-state index contributed by atoms with van der Waals surface area (Å²) < 4.78 is 5.45. The summed E-state index contributed by atoms with van der Waals surface area (Å²) >= 11 is 0. The van der Waals surface area contributed by atoms with E-state index >= 15 is 0 Å². The second-order valence-corrected chi connectivity index (χ2v) is 9.56. The summed E-state index contributed by atoms with van der Waals surface area (Å²) in [5, 5.41) is 3.46. The van der Waals surface area contributed by atoms with Crippen LogP contribution in [0.3, 0.4) is 0 Å². The van der Waals surface area contributed by atoms with Crippen molar-refractivity contribution in [2.75, 3.05) is 38.7 Å². The van der Waals surface area contributed by atoms with Gasteiger partial charge in [0.15, 0.2) is 0 Å². The third-order valence-corrected chi connectivity index (χ3v) is 7.21. The smallest absolute Gasteiger partial charge is 0.228 e. The highest BCUT2D eigenvalue weighted by Gasteiger charge is 2.41. The van der Waals surface area contributed by atoms with E-state index in [2.05, 4.69) is 53.4 Å². The molecule has 7 heteroatoms. The first kappa shape index (κ1) is 21.3. The first-order chi connectivity index (χ1) is 15.6. The molecule has 2 aromatic rings. The van der Waals surface area contributed by atoms with E-state index in [0.29, 0.717) is 18.5 Å². The predicted molar refractivity (Wildman–Crippen MR) is 123 cm³/mol. The molecule has 3 atom stereocenters. The summed E-state index contributed by atoms with van der Waals surface area (Å²) in [5.74, 6) is 1.13. The van der Waals surface area contributed by atoms with Gasteiger partial charge in [0.1, 0.15) is 0 Å². The molecule has 0 saturated carbocycles. The fourth-order valence-electron chi connectivity index (χ4n) is 5.39. The molecule has 0 aliphatic carbocycles. The van der Waals surface area contributed by atoms with Crippen molar-refractivity contribution >= 4 is 11.9 Å². The lowest BCUT2D eigenvalue weighted by molar-refractivity contribution is -0.138. The van der Waals surface area contributed by atoms with Crippen LogP contribution in [0.25, 0.3) is 0 Å². The van der Waals surface area contributed by atoms with E-state index in [0.717, 1.165) is 56.8 Å². The molecule has 1 N–H and O–H groups in total. The number of carbonyl (C=O) groups is 1. The maximum absolute atomic E-state index is 13.8. The molecule has 1 aromatic carbocycles. The molecule has 32 heavy (non-hydrogen) atoms. The Labute approximate surface area is 190 Å². The van der Waals surface area contributed by atoms with E-state index in [-0.39, 0.29) is 23.8 Å². The molecule has 170 valence electrons. The Morgan fingerprint density at radius 2 is 1.94 bits per heavy atom. The number of amides is 1. The van der Waals surface area contributed by atoms with Crippen molar-refractivity contribution in [1.29, 1.82) is 0 Å². The number of anilines is 1. The maximum Gasteiger partial charge on any atom is 0.228 e. The highest BCUT2D eigenvalue weighted by Crippen LogP contribution is 2.35. The van der Waals surface area contributed by atoms with E-state index in [1.54, 1.807) is 0 Å². The normalized spacial score (nSPS) is 26.7. The van der Waals surface area contributed by atoms with Crippen LogP contribution in [-0.4, -0.2) is 71.1 Å². The highest BCUT2D eigenvalue weighted by atomic mass is 16.5. The number of rotatable bonds is 4. The Bertz CT molecular complexity index is 947. The molecule has 5 rings (SSSR count). The van der Waals surface area contributed by atoms with Crippen molar-refractivity contribution < 1.29 is 9.53 Å². The summed E-state index contributed by atoms with van der Waals surface area (Å²) in [6.07, 6.45) is 4.69. The Morgan fingerprint density at radius 1 is 1.16 bits per heavy atom. The van der Waals surface area contributed by atoms with Crippen LogP contribution in [-0.2, 0) is 22.5 Å². The Kier molecular flexibility index (Phi) is 6.11. The van der Waals surface area contributed by atoms with Crippen LogP contribution in [0.4, 0.5) is 5.95 Å².